The molecule has 1 amide bonds. The maximum Gasteiger partial charge on any atom is 0.253 e. The molecule has 0 radical (unpaired) electrons. The summed E-state index contributed by atoms with van der Waals surface area (Å²) >= 11 is 0. The molecule has 1 aromatic rings. The molecule has 1 saturated heterocycles. The van der Waals surface area contributed by atoms with Gasteiger partial charge in [-0.3, -0.25) is 4.79 Å². The molecule has 1 aromatic carbocycles. The highest BCUT2D eigenvalue weighted by Gasteiger charge is 2.24. The second-order valence-corrected chi connectivity index (χ2v) is 3.80. The van der Waals surface area contributed by atoms with Crippen molar-refractivity contribution >= 4 is 11.6 Å². The van der Waals surface area contributed by atoms with E-state index in [0.29, 0.717) is 13.0 Å². The summed E-state index contributed by atoms with van der Waals surface area (Å²) in [6, 6.07) is 5.74. The van der Waals surface area contributed by atoms with Crippen LogP contribution in [0.15, 0.2) is 18.2 Å². The van der Waals surface area contributed by atoms with Crippen LogP contribution in [0.3, 0.4) is 0 Å². The lowest BCUT2D eigenvalue weighted by molar-refractivity contribution is -0.124. The van der Waals surface area contributed by atoms with Crippen LogP contribution in [0.25, 0.3) is 0 Å². The van der Waals surface area contributed by atoms with Gasteiger partial charge in [-0.2, -0.15) is 5.26 Å². The Kier molecular flexibility index (Phi) is 3.35. The number of carbonyl (C=O) groups excluding carboxylic acids is 1. The summed E-state index contributed by atoms with van der Waals surface area (Å²) in [6.45, 7) is 0.563. The lowest BCUT2D eigenvalue weighted by atomic mass is 10.2. The maximum atomic E-state index is 13.5. The quantitative estimate of drug-likeness (QED) is 0.848. The minimum atomic E-state index is -0.615. The lowest BCUT2D eigenvalue weighted by Gasteiger charge is -2.10. The third-order valence-electron chi connectivity index (χ3n) is 2.58. The van der Waals surface area contributed by atoms with Crippen molar-refractivity contribution in [1.82, 2.24) is 0 Å². The predicted octanol–water partition coefficient (Wildman–Crippen LogP) is 1.81. The molecule has 1 heterocycles. The van der Waals surface area contributed by atoms with E-state index < -0.39 is 11.9 Å². The van der Waals surface area contributed by atoms with Gasteiger partial charge in [-0.05, 0) is 31.0 Å². The van der Waals surface area contributed by atoms with E-state index in [1.54, 1.807) is 0 Å². The summed E-state index contributed by atoms with van der Waals surface area (Å²) in [5.74, 6) is -0.957. The summed E-state index contributed by atoms with van der Waals surface area (Å²) in [4.78, 5) is 11.7. The molecule has 2 rings (SSSR count). The van der Waals surface area contributed by atoms with Crippen LogP contribution in [0.4, 0.5) is 10.1 Å². The second-order valence-electron chi connectivity index (χ2n) is 3.80. The van der Waals surface area contributed by atoms with E-state index in [9.17, 15) is 9.18 Å². The van der Waals surface area contributed by atoms with Gasteiger partial charge in [0.05, 0.1) is 17.3 Å². The molecule has 0 saturated carbocycles. The summed E-state index contributed by atoms with van der Waals surface area (Å²) in [5, 5.41) is 11.0. The van der Waals surface area contributed by atoms with Gasteiger partial charge < -0.3 is 10.1 Å². The van der Waals surface area contributed by atoms with Gasteiger partial charge in [0, 0.05) is 6.61 Å². The van der Waals surface area contributed by atoms with Crippen molar-refractivity contribution in [2.24, 2.45) is 0 Å². The van der Waals surface area contributed by atoms with Crippen LogP contribution in [0, 0.1) is 17.1 Å². The Morgan fingerprint density at radius 3 is 3.00 bits per heavy atom. The lowest BCUT2D eigenvalue weighted by Crippen LogP contribution is -2.27. The van der Waals surface area contributed by atoms with Crippen LogP contribution in [-0.2, 0) is 9.53 Å². The van der Waals surface area contributed by atoms with Gasteiger partial charge >= 0.3 is 0 Å². The monoisotopic (exact) mass is 234 g/mol. The van der Waals surface area contributed by atoms with Crippen LogP contribution >= 0.6 is 0 Å². The van der Waals surface area contributed by atoms with E-state index in [-0.39, 0.29) is 17.2 Å². The minimum absolute atomic E-state index is 0.0736. The van der Waals surface area contributed by atoms with Gasteiger partial charge in [-0.15, -0.1) is 0 Å². The molecule has 0 bridgehead atoms. The van der Waals surface area contributed by atoms with Crippen molar-refractivity contribution in [3.63, 3.8) is 0 Å². The third kappa shape index (κ3) is 2.60. The first-order chi connectivity index (χ1) is 8.20. The van der Waals surface area contributed by atoms with E-state index in [0.717, 1.165) is 12.5 Å². The van der Waals surface area contributed by atoms with E-state index in [1.807, 2.05) is 6.07 Å². The molecular weight excluding hydrogens is 223 g/mol. The zero-order valence-corrected chi connectivity index (χ0v) is 9.07. The normalized spacial score (nSPS) is 18.7. The molecule has 17 heavy (non-hydrogen) atoms. The van der Waals surface area contributed by atoms with Crippen molar-refractivity contribution in [3.8, 4) is 6.07 Å². The summed E-state index contributed by atoms with van der Waals surface area (Å²) in [7, 11) is 0. The van der Waals surface area contributed by atoms with Crippen molar-refractivity contribution in [1.29, 1.82) is 5.26 Å². The average molecular weight is 234 g/mol. The van der Waals surface area contributed by atoms with Crippen molar-refractivity contribution < 1.29 is 13.9 Å². The van der Waals surface area contributed by atoms with Gasteiger partial charge in [0.15, 0.2) is 0 Å². The highest BCUT2D eigenvalue weighted by atomic mass is 19.1. The number of carbonyl (C=O) groups is 1. The van der Waals surface area contributed by atoms with Crippen LogP contribution in [0.1, 0.15) is 18.4 Å². The van der Waals surface area contributed by atoms with Gasteiger partial charge in [-0.25, -0.2) is 4.39 Å². The Bertz CT molecular complexity index is 476. The molecular formula is C12H11FN2O2. The third-order valence-corrected chi connectivity index (χ3v) is 2.58. The fourth-order valence-electron chi connectivity index (χ4n) is 1.68. The van der Waals surface area contributed by atoms with E-state index in [4.69, 9.17) is 10.00 Å². The molecule has 0 spiro atoms. The molecule has 0 aromatic heterocycles. The van der Waals surface area contributed by atoms with E-state index in [1.165, 1.54) is 12.1 Å². The smallest absolute Gasteiger partial charge is 0.253 e. The number of hydrogen-bond acceptors (Lipinski definition) is 3. The highest BCUT2D eigenvalue weighted by Crippen LogP contribution is 2.18. The number of ether oxygens (including phenoxy) is 1. The van der Waals surface area contributed by atoms with Gasteiger partial charge in [-0.1, -0.05) is 0 Å². The fraction of sp³-hybridized carbons (Fsp3) is 0.333. The van der Waals surface area contributed by atoms with Crippen LogP contribution in [-0.4, -0.2) is 18.6 Å². The second kappa shape index (κ2) is 4.93. The average Bonchev–Trinajstić information content (AvgIpc) is 2.85. The van der Waals surface area contributed by atoms with Crippen LogP contribution in [0.5, 0.6) is 0 Å². The largest absolute Gasteiger partial charge is 0.368 e. The van der Waals surface area contributed by atoms with Crippen molar-refractivity contribution in [2.75, 3.05) is 11.9 Å². The Hall–Kier alpha value is -1.93. The standard InChI is InChI=1S/C12H11FN2O2/c13-9-6-8(7-14)3-4-10(9)15-12(16)11-2-1-5-17-11/h3-4,6,11H,1-2,5H2,(H,15,16). The minimum Gasteiger partial charge on any atom is -0.368 e. The molecule has 4 nitrogen and oxygen atoms in total. The Morgan fingerprint density at radius 2 is 2.41 bits per heavy atom. The number of rotatable bonds is 2. The number of nitriles is 1. The van der Waals surface area contributed by atoms with E-state index in [2.05, 4.69) is 5.32 Å². The molecule has 1 fully saturated rings. The van der Waals surface area contributed by atoms with Crippen LogP contribution in [0.2, 0.25) is 0 Å². The molecule has 1 aliphatic rings. The maximum absolute atomic E-state index is 13.5. The Labute approximate surface area is 98.0 Å². The molecule has 0 aliphatic carbocycles. The zero-order valence-electron chi connectivity index (χ0n) is 9.07. The highest BCUT2D eigenvalue weighted by molar-refractivity contribution is 5.94. The van der Waals surface area contributed by atoms with Crippen molar-refractivity contribution in [3.05, 3.63) is 29.6 Å². The summed E-state index contributed by atoms with van der Waals surface area (Å²) in [5.41, 5.74) is 0.294. The van der Waals surface area contributed by atoms with Crippen molar-refractivity contribution in [2.45, 2.75) is 18.9 Å². The molecule has 1 unspecified atom stereocenters. The first kappa shape index (κ1) is 11.6. The van der Waals surface area contributed by atoms with Crippen LogP contribution < -0.4 is 5.32 Å². The van der Waals surface area contributed by atoms with Gasteiger partial charge in [0.2, 0.25) is 0 Å². The van der Waals surface area contributed by atoms with Gasteiger partial charge in [0.25, 0.3) is 5.91 Å². The van der Waals surface area contributed by atoms with E-state index >= 15 is 0 Å². The topological polar surface area (TPSA) is 62.1 Å². The molecule has 5 heteroatoms. The molecule has 1 atom stereocenters. The number of anilines is 1. The summed E-state index contributed by atoms with van der Waals surface area (Å²) < 4.78 is 18.7. The Balaban J connectivity index is 2.08. The summed E-state index contributed by atoms with van der Waals surface area (Å²) in [6.07, 6.45) is 1.00. The fourth-order valence-corrected chi connectivity index (χ4v) is 1.68. The molecule has 1 aliphatic heterocycles. The number of nitrogens with zero attached hydrogens (tertiary/aromatic N) is 1. The first-order valence-corrected chi connectivity index (χ1v) is 5.33. The number of nitrogens with one attached hydrogen (secondary N) is 1. The zero-order chi connectivity index (χ0) is 12.3. The first-order valence-electron chi connectivity index (χ1n) is 5.33. The molecule has 1 N–H and O–H groups in total. The number of benzene rings is 1. The SMILES string of the molecule is N#Cc1ccc(NC(=O)C2CCCO2)c(F)c1. The molecule has 88 valence electrons. The van der Waals surface area contributed by atoms with Gasteiger partial charge in [0.1, 0.15) is 11.9 Å². The number of amides is 1. The number of hydrogen-bond donors (Lipinski definition) is 1. The number of halogens is 1. The Morgan fingerprint density at radius 1 is 1.59 bits per heavy atom. The predicted molar refractivity (Wildman–Crippen MR) is 58.7 cm³/mol.